The number of amides is 2. The van der Waals surface area contributed by atoms with Crippen molar-refractivity contribution < 1.29 is 22.7 Å². The van der Waals surface area contributed by atoms with E-state index in [0.29, 0.717) is 10.6 Å². The van der Waals surface area contributed by atoms with Crippen molar-refractivity contribution in [3.63, 3.8) is 0 Å². The van der Waals surface area contributed by atoms with E-state index in [2.05, 4.69) is 4.74 Å². The molecular weight excluding hydrogens is 344 g/mol. The largest absolute Gasteiger partial charge is 0.439 e. The quantitative estimate of drug-likeness (QED) is 0.808. The molecule has 1 aromatic rings. The summed E-state index contributed by atoms with van der Waals surface area (Å²) in [5, 5.41) is 0.397. The maximum atomic E-state index is 12.6. The number of carbonyl (C=O) groups excluding carboxylic acids is 2. The van der Waals surface area contributed by atoms with Gasteiger partial charge in [-0.15, -0.1) is 0 Å². The van der Waals surface area contributed by atoms with Gasteiger partial charge in [0.2, 0.25) is 10.0 Å². The molecule has 0 radical (unpaired) electrons. The van der Waals surface area contributed by atoms with E-state index in [0.717, 1.165) is 4.90 Å². The highest BCUT2D eigenvalue weighted by Gasteiger charge is 2.41. The van der Waals surface area contributed by atoms with Gasteiger partial charge in [0.05, 0.1) is 4.90 Å². The van der Waals surface area contributed by atoms with Gasteiger partial charge in [0, 0.05) is 30.6 Å². The van der Waals surface area contributed by atoms with Crippen LogP contribution in [0.15, 0.2) is 23.1 Å². The molecule has 2 heterocycles. The SMILES string of the molecule is Cc1c(Cl)cccc1S(=O)(=O)N1CC(CN2C(=O)COC2=O)C1. The molecule has 2 amide bonds. The summed E-state index contributed by atoms with van der Waals surface area (Å²) >= 11 is 5.98. The number of halogens is 1. The van der Waals surface area contributed by atoms with Crippen LogP contribution in [0.1, 0.15) is 5.56 Å². The summed E-state index contributed by atoms with van der Waals surface area (Å²) in [5.74, 6) is -0.471. The van der Waals surface area contributed by atoms with E-state index in [1.54, 1.807) is 19.1 Å². The second-order valence-corrected chi connectivity index (χ2v) is 7.92. The van der Waals surface area contributed by atoms with E-state index in [1.807, 2.05) is 0 Å². The number of benzene rings is 1. The number of ether oxygens (including phenoxy) is 1. The van der Waals surface area contributed by atoms with Gasteiger partial charge in [-0.1, -0.05) is 17.7 Å². The molecule has 0 saturated carbocycles. The lowest BCUT2D eigenvalue weighted by atomic mass is 10.0. The van der Waals surface area contributed by atoms with Crippen LogP contribution < -0.4 is 0 Å². The molecule has 0 spiro atoms. The van der Waals surface area contributed by atoms with E-state index < -0.39 is 16.1 Å². The Balaban J connectivity index is 1.68. The zero-order chi connectivity index (χ0) is 16.8. The fourth-order valence-electron chi connectivity index (χ4n) is 2.66. The van der Waals surface area contributed by atoms with Crippen molar-refractivity contribution in [2.45, 2.75) is 11.8 Å². The first-order valence-electron chi connectivity index (χ1n) is 7.03. The number of carbonyl (C=O) groups is 2. The van der Waals surface area contributed by atoms with Gasteiger partial charge < -0.3 is 4.74 Å². The molecule has 1 aromatic carbocycles. The van der Waals surface area contributed by atoms with Crippen molar-refractivity contribution in [3.05, 3.63) is 28.8 Å². The van der Waals surface area contributed by atoms with Gasteiger partial charge in [0.25, 0.3) is 5.91 Å². The predicted octanol–water partition coefficient (Wildman–Crippen LogP) is 1.25. The van der Waals surface area contributed by atoms with Gasteiger partial charge in [-0.2, -0.15) is 4.31 Å². The first-order chi connectivity index (χ1) is 10.8. The summed E-state index contributed by atoms with van der Waals surface area (Å²) in [6.45, 7) is 2.11. The second kappa shape index (κ2) is 5.77. The van der Waals surface area contributed by atoms with E-state index in [4.69, 9.17) is 11.6 Å². The predicted molar refractivity (Wildman–Crippen MR) is 81.5 cm³/mol. The molecule has 0 aromatic heterocycles. The standard InChI is InChI=1S/C14H15ClN2O5S/c1-9-11(15)3-2-4-12(9)23(20,21)16-5-10(6-16)7-17-13(18)8-22-14(17)19/h2-4,10H,5-8H2,1H3. The van der Waals surface area contributed by atoms with Crippen molar-refractivity contribution in [3.8, 4) is 0 Å². The molecule has 3 rings (SSSR count). The van der Waals surface area contributed by atoms with Crippen molar-refractivity contribution in [2.75, 3.05) is 26.2 Å². The third kappa shape index (κ3) is 2.82. The third-order valence-corrected chi connectivity index (χ3v) is 6.43. The average Bonchev–Trinajstić information content (AvgIpc) is 2.75. The molecule has 2 saturated heterocycles. The number of imide groups is 1. The van der Waals surface area contributed by atoms with E-state index >= 15 is 0 Å². The van der Waals surface area contributed by atoms with Crippen molar-refractivity contribution in [2.24, 2.45) is 5.92 Å². The van der Waals surface area contributed by atoms with Gasteiger partial charge in [-0.25, -0.2) is 18.1 Å². The number of sulfonamides is 1. The van der Waals surface area contributed by atoms with Crippen LogP contribution in [0.4, 0.5) is 4.79 Å². The summed E-state index contributed by atoms with van der Waals surface area (Å²) in [4.78, 5) is 24.1. The second-order valence-electron chi connectivity index (χ2n) is 5.61. The highest BCUT2D eigenvalue weighted by Crippen LogP contribution is 2.30. The molecule has 0 bridgehead atoms. The first kappa shape index (κ1) is 16.2. The zero-order valence-corrected chi connectivity index (χ0v) is 13.9. The molecular formula is C14H15ClN2O5S. The number of cyclic esters (lactones) is 1. The van der Waals surface area contributed by atoms with Crippen LogP contribution in [0.25, 0.3) is 0 Å². The lowest BCUT2D eigenvalue weighted by Crippen LogP contribution is -2.54. The molecule has 124 valence electrons. The highest BCUT2D eigenvalue weighted by atomic mass is 35.5. The van der Waals surface area contributed by atoms with Crippen LogP contribution in [0.5, 0.6) is 0 Å². The minimum atomic E-state index is -3.62. The van der Waals surface area contributed by atoms with Crippen LogP contribution in [-0.4, -0.2) is 55.9 Å². The molecule has 0 aliphatic carbocycles. The number of hydrogen-bond acceptors (Lipinski definition) is 5. The van der Waals surface area contributed by atoms with Crippen molar-refractivity contribution in [1.82, 2.24) is 9.21 Å². The Morgan fingerprint density at radius 2 is 2.00 bits per heavy atom. The molecule has 0 atom stereocenters. The molecule has 0 unspecified atom stereocenters. The van der Waals surface area contributed by atoms with Crippen molar-refractivity contribution >= 4 is 33.6 Å². The van der Waals surface area contributed by atoms with Crippen molar-refractivity contribution in [1.29, 1.82) is 0 Å². The molecule has 7 nitrogen and oxygen atoms in total. The fourth-order valence-corrected chi connectivity index (χ4v) is 4.73. The molecule has 9 heteroatoms. The van der Waals surface area contributed by atoms with E-state index in [1.165, 1.54) is 10.4 Å². The van der Waals surface area contributed by atoms with Crippen LogP contribution in [0, 0.1) is 12.8 Å². The zero-order valence-electron chi connectivity index (χ0n) is 12.4. The number of rotatable bonds is 4. The lowest BCUT2D eigenvalue weighted by molar-refractivity contribution is -0.126. The molecule has 2 aliphatic heterocycles. The number of hydrogen-bond donors (Lipinski definition) is 0. The molecule has 23 heavy (non-hydrogen) atoms. The van der Waals surface area contributed by atoms with Gasteiger partial charge in [0.1, 0.15) is 0 Å². The Morgan fingerprint density at radius 3 is 2.61 bits per heavy atom. The normalized spacial score (nSPS) is 19.8. The maximum Gasteiger partial charge on any atom is 0.417 e. The minimum absolute atomic E-state index is 0.0844. The molecule has 2 fully saturated rings. The fraction of sp³-hybridized carbons (Fsp3) is 0.429. The summed E-state index contributed by atoms with van der Waals surface area (Å²) in [5.41, 5.74) is 0.510. The smallest absolute Gasteiger partial charge is 0.417 e. The monoisotopic (exact) mass is 358 g/mol. The first-order valence-corrected chi connectivity index (χ1v) is 8.85. The lowest BCUT2D eigenvalue weighted by Gasteiger charge is -2.39. The Bertz CT molecular complexity index is 757. The van der Waals surface area contributed by atoms with Crippen LogP contribution in [0.2, 0.25) is 5.02 Å². The summed E-state index contributed by atoms with van der Waals surface area (Å²) in [6.07, 6.45) is -0.665. The Hall–Kier alpha value is -1.64. The Kier molecular flexibility index (Phi) is 4.07. The summed E-state index contributed by atoms with van der Waals surface area (Å²) in [6, 6.07) is 4.75. The van der Waals surface area contributed by atoms with E-state index in [9.17, 15) is 18.0 Å². The topological polar surface area (TPSA) is 84.0 Å². The van der Waals surface area contributed by atoms with E-state index in [-0.39, 0.29) is 43.0 Å². The summed E-state index contributed by atoms with van der Waals surface area (Å²) < 4.78 is 31.1. The van der Waals surface area contributed by atoms with Crippen LogP contribution in [-0.2, 0) is 19.6 Å². The van der Waals surface area contributed by atoms with Gasteiger partial charge in [-0.05, 0) is 24.6 Å². The van der Waals surface area contributed by atoms with Gasteiger partial charge in [0.15, 0.2) is 6.61 Å². The number of nitrogens with zero attached hydrogens (tertiary/aromatic N) is 2. The average molecular weight is 359 g/mol. The third-order valence-electron chi connectivity index (χ3n) is 4.04. The maximum absolute atomic E-state index is 12.6. The Morgan fingerprint density at radius 1 is 1.30 bits per heavy atom. The van der Waals surface area contributed by atoms with Gasteiger partial charge in [-0.3, -0.25) is 4.79 Å². The van der Waals surface area contributed by atoms with Crippen LogP contribution in [0.3, 0.4) is 0 Å². The summed E-state index contributed by atoms with van der Waals surface area (Å²) in [7, 11) is -3.62. The van der Waals surface area contributed by atoms with Gasteiger partial charge >= 0.3 is 6.09 Å². The molecule has 2 aliphatic rings. The van der Waals surface area contributed by atoms with Crippen LogP contribution >= 0.6 is 11.6 Å². The Labute approximate surface area is 138 Å². The molecule has 0 N–H and O–H groups in total. The minimum Gasteiger partial charge on any atom is -0.439 e. The highest BCUT2D eigenvalue weighted by molar-refractivity contribution is 7.89.